The molecule has 0 unspecified atom stereocenters. The summed E-state index contributed by atoms with van der Waals surface area (Å²) >= 11 is 7.34. The quantitative estimate of drug-likeness (QED) is 0.258. The second-order valence-electron chi connectivity index (χ2n) is 5.62. The van der Waals surface area contributed by atoms with Crippen LogP contribution in [0, 0.1) is 10.1 Å². The van der Waals surface area contributed by atoms with Crippen molar-refractivity contribution in [2.24, 2.45) is 0 Å². The van der Waals surface area contributed by atoms with Gasteiger partial charge in [0.05, 0.1) is 27.9 Å². The van der Waals surface area contributed by atoms with Crippen molar-refractivity contribution in [3.8, 4) is 5.75 Å². The third-order valence-corrected chi connectivity index (χ3v) is 5.07. The predicted octanol–water partition coefficient (Wildman–Crippen LogP) is 4.54. The van der Waals surface area contributed by atoms with Crippen LogP contribution in [0.1, 0.15) is 0 Å². The average Bonchev–Trinajstić information content (AvgIpc) is 3.11. The molecule has 0 atom stereocenters. The summed E-state index contributed by atoms with van der Waals surface area (Å²) in [6.07, 6.45) is 2.72. The zero-order valence-electron chi connectivity index (χ0n) is 14.8. The standard InChI is InChI=1S/C17H12ClN7O3S/c1-28-9-4-5-10-12(7-9)29-17(23-10)24-16-13(25(26)27)15(20-8-21-16)22-11-3-2-6-19-14(11)18/h2-8H,1H3,(H2,20,21,22,23,24). The number of benzene rings is 1. The number of fused-ring (bicyclic) bond motifs is 1. The van der Waals surface area contributed by atoms with Crippen LogP contribution >= 0.6 is 22.9 Å². The molecule has 4 rings (SSSR count). The number of nitro groups is 1. The first-order valence-electron chi connectivity index (χ1n) is 8.13. The molecule has 29 heavy (non-hydrogen) atoms. The van der Waals surface area contributed by atoms with Crippen LogP contribution in [-0.4, -0.2) is 32.0 Å². The van der Waals surface area contributed by atoms with Gasteiger partial charge in [0.2, 0.25) is 11.6 Å². The van der Waals surface area contributed by atoms with Crippen molar-refractivity contribution in [2.45, 2.75) is 0 Å². The number of rotatable bonds is 6. The zero-order valence-corrected chi connectivity index (χ0v) is 16.4. The smallest absolute Gasteiger partial charge is 0.353 e. The molecule has 0 amide bonds. The first-order valence-corrected chi connectivity index (χ1v) is 9.33. The van der Waals surface area contributed by atoms with E-state index in [0.29, 0.717) is 16.6 Å². The average molecular weight is 430 g/mol. The van der Waals surface area contributed by atoms with Crippen molar-refractivity contribution in [3.05, 3.63) is 58.1 Å². The molecule has 2 N–H and O–H groups in total. The van der Waals surface area contributed by atoms with Gasteiger partial charge in [0.15, 0.2) is 10.3 Å². The molecule has 3 heterocycles. The van der Waals surface area contributed by atoms with Gasteiger partial charge in [-0.25, -0.2) is 19.9 Å². The normalized spacial score (nSPS) is 10.7. The van der Waals surface area contributed by atoms with E-state index in [0.717, 1.165) is 10.2 Å². The van der Waals surface area contributed by atoms with Crippen LogP contribution in [0.25, 0.3) is 10.2 Å². The lowest BCUT2D eigenvalue weighted by atomic mass is 10.3. The monoisotopic (exact) mass is 429 g/mol. The highest BCUT2D eigenvalue weighted by molar-refractivity contribution is 7.22. The molecule has 146 valence electrons. The van der Waals surface area contributed by atoms with E-state index in [4.69, 9.17) is 16.3 Å². The molecule has 12 heteroatoms. The highest BCUT2D eigenvalue weighted by atomic mass is 35.5. The summed E-state index contributed by atoms with van der Waals surface area (Å²) in [7, 11) is 1.58. The van der Waals surface area contributed by atoms with Crippen molar-refractivity contribution in [1.29, 1.82) is 0 Å². The molecule has 0 radical (unpaired) electrons. The third-order valence-electron chi connectivity index (χ3n) is 3.84. The maximum absolute atomic E-state index is 11.7. The Morgan fingerprint density at radius 2 is 1.97 bits per heavy atom. The van der Waals surface area contributed by atoms with Gasteiger partial charge in [-0.3, -0.25) is 10.1 Å². The maximum Gasteiger partial charge on any atom is 0.353 e. The summed E-state index contributed by atoms with van der Waals surface area (Å²) in [5.74, 6) is 0.671. The summed E-state index contributed by atoms with van der Waals surface area (Å²) in [4.78, 5) is 27.5. The second kappa shape index (κ2) is 7.81. The van der Waals surface area contributed by atoms with Crippen molar-refractivity contribution < 1.29 is 9.66 Å². The second-order valence-corrected chi connectivity index (χ2v) is 7.01. The topological polar surface area (TPSA) is 128 Å². The first kappa shape index (κ1) is 18.8. The SMILES string of the molecule is COc1ccc2nc(Nc3ncnc(Nc4cccnc4Cl)c3[N+](=O)[O-])sc2c1. The minimum Gasteiger partial charge on any atom is -0.497 e. The van der Waals surface area contributed by atoms with Crippen molar-refractivity contribution in [2.75, 3.05) is 17.7 Å². The van der Waals surface area contributed by atoms with Gasteiger partial charge in [0.25, 0.3) is 0 Å². The lowest BCUT2D eigenvalue weighted by Gasteiger charge is -2.09. The van der Waals surface area contributed by atoms with Gasteiger partial charge in [-0.05, 0) is 30.3 Å². The molecule has 0 aliphatic rings. The molecule has 0 aliphatic heterocycles. The van der Waals surface area contributed by atoms with Gasteiger partial charge < -0.3 is 15.4 Å². The molecule has 1 aromatic carbocycles. The molecule has 0 spiro atoms. The first-order chi connectivity index (χ1) is 14.0. The largest absolute Gasteiger partial charge is 0.497 e. The van der Waals surface area contributed by atoms with Crippen LogP contribution in [0.2, 0.25) is 5.15 Å². The highest BCUT2D eigenvalue weighted by Gasteiger charge is 2.24. The minimum absolute atomic E-state index is 0.00136. The number of nitrogens with one attached hydrogen (secondary N) is 2. The van der Waals surface area contributed by atoms with Gasteiger partial charge in [-0.2, -0.15) is 0 Å². The molecule has 3 aromatic heterocycles. The Bertz CT molecular complexity index is 1220. The minimum atomic E-state index is -0.578. The molecular formula is C17H12ClN7O3S. The Labute approximate surface area is 172 Å². The molecule has 0 bridgehead atoms. The number of thiazole rings is 1. The number of anilines is 4. The Balaban J connectivity index is 1.70. The molecule has 0 saturated carbocycles. The van der Waals surface area contributed by atoms with E-state index in [1.807, 2.05) is 12.1 Å². The number of pyridine rings is 1. The number of nitrogens with zero attached hydrogens (tertiary/aromatic N) is 5. The van der Waals surface area contributed by atoms with E-state index in [1.165, 1.54) is 23.9 Å². The van der Waals surface area contributed by atoms with Crippen LogP contribution in [0.15, 0.2) is 42.9 Å². The van der Waals surface area contributed by atoms with E-state index in [-0.39, 0.29) is 22.5 Å². The van der Waals surface area contributed by atoms with Gasteiger partial charge in [0, 0.05) is 6.20 Å². The van der Waals surface area contributed by atoms with E-state index in [9.17, 15) is 10.1 Å². The Kier molecular flexibility index (Phi) is 5.06. The number of hydrogen-bond donors (Lipinski definition) is 2. The molecule has 10 nitrogen and oxygen atoms in total. The van der Waals surface area contributed by atoms with Crippen LogP contribution < -0.4 is 15.4 Å². The van der Waals surface area contributed by atoms with E-state index >= 15 is 0 Å². The number of ether oxygens (including phenoxy) is 1. The van der Waals surface area contributed by atoms with E-state index < -0.39 is 4.92 Å². The summed E-state index contributed by atoms with van der Waals surface area (Å²) in [6.45, 7) is 0. The van der Waals surface area contributed by atoms with Crippen molar-refractivity contribution in [3.63, 3.8) is 0 Å². The maximum atomic E-state index is 11.7. The van der Waals surface area contributed by atoms with Gasteiger partial charge >= 0.3 is 5.69 Å². The lowest BCUT2D eigenvalue weighted by Crippen LogP contribution is -2.05. The van der Waals surface area contributed by atoms with Gasteiger partial charge in [-0.1, -0.05) is 22.9 Å². The fourth-order valence-electron chi connectivity index (χ4n) is 2.53. The predicted molar refractivity (Wildman–Crippen MR) is 111 cm³/mol. The lowest BCUT2D eigenvalue weighted by molar-refractivity contribution is -0.383. The summed E-state index contributed by atoms with van der Waals surface area (Å²) in [6, 6.07) is 8.72. The Morgan fingerprint density at radius 1 is 1.17 bits per heavy atom. The van der Waals surface area contributed by atoms with Gasteiger partial charge in [-0.15, -0.1) is 0 Å². The summed E-state index contributed by atoms with van der Waals surface area (Å²) in [5.41, 5.74) is 0.772. The van der Waals surface area contributed by atoms with Crippen LogP contribution in [-0.2, 0) is 0 Å². The van der Waals surface area contributed by atoms with E-state index in [2.05, 4.69) is 30.6 Å². The Hall–Kier alpha value is -3.57. The molecule has 0 saturated heterocycles. The van der Waals surface area contributed by atoms with Crippen LogP contribution in [0.4, 0.5) is 28.1 Å². The number of hydrogen-bond acceptors (Lipinski definition) is 10. The highest BCUT2D eigenvalue weighted by Crippen LogP contribution is 2.36. The van der Waals surface area contributed by atoms with Gasteiger partial charge in [0.1, 0.15) is 12.1 Å². The molecule has 4 aromatic rings. The van der Waals surface area contributed by atoms with E-state index in [1.54, 1.807) is 25.3 Å². The summed E-state index contributed by atoms with van der Waals surface area (Å²) < 4.78 is 6.07. The number of methoxy groups -OCH3 is 1. The van der Waals surface area contributed by atoms with Crippen LogP contribution in [0.5, 0.6) is 5.75 Å². The fourth-order valence-corrected chi connectivity index (χ4v) is 3.59. The van der Waals surface area contributed by atoms with Crippen LogP contribution in [0.3, 0.4) is 0 Å². The Morgan fingerprint density at radius 3 is 2.69 bits per heavy atom. The molecule has 0 fully saturated rings. The number of halogens is 1. The molecule has 0 aliphatic carbocycles. The number of aromatic nitrogens is 4. The molecular weight excluding hydrogens is 418 g/mol. The fraction of sp³-hybridized carbons (Fsp3) is 0.0588. The van der Waals surface area contributed by atoms with Crippen molar-refractivity contribution in [1.82, 2.24) is 19.9 Å². The third kappa shape index (κ3) is 3.86. The summed E-state index contributed by atoms with van der Waals surface area (Å²) in [5, 5.41) is 18.1. The zero-order chi connectivity index (χ0) is 20.4. The van der Waals surface area contributed by atoms with Crippen molar-refractivity contribution >= 4 is 61.3 Å².